The largest absolute Gasteiger partial charge is 0.481 e. The van der Waals surface area contributed by atoms with Crippen molar-refractivity contribution in [1.82, 2.24) is 0 Å². The van der Waals surface area contributed by atoms with Crippen LogP contribution in [0.3, 0.4) is 0 Å². The van der Waals surface area contributed by atoms with Crippen molar-refractivity contribution in [3.05, 3.63) is 29.8 Å². The predicted octanol–water partition coefficient (Wildman–Crippen LogP) is 2.69. The van der Waals surface area contributed by atoms with Gasteiger partial charge in [0.25, 0.3) is 0 Å². The summed E-state index contributed by atoms with van der Waals surface area (Å²) in [6.07, 6.45) is 1.83. The molecule has 0 aliphatic heterocycles. The fourth-order valence-corrected chi connectivity index (χ4v) is 1.62. The molecule has 4 heteroatoms. The van der Waals surface area contributed by atoms with Gasteiger partial charge in [-0.3, -0.25) is 9.59 Å². The summed E-state index contributed by atoms with van der Waals surface area (Å²) in [5.74, 6) is -1.19. The van der Waals surface area contributed by atoms with Gasteiger partial charge in [-0.05, 0) is 30.5 Å². The molecule has 2 N–H and O–H groups in total. The van der Waals surface area contributed by atoms with Crippen LogP contribution in [-0.4, -0.2) is 17.0 Å². The van der Waals surface area contributed by atoms with Crippen LogP contribution in [0.1, 0.15) is 32.3 Å². The van der Waals surface area contributed by atoms with Crippen LogP contribution in [0.5, 0.6) is 0 Å². The van der Waals surface area contributed by atoms with Crippen LogP contribution < -0.4 is 5.32 Å². The Hall–Kier alpha value is -1.84. The number of aliphatic carboxylic acids is 1. The average Bonchev–Trinajstić information content (AvgIpc) is 2.31. The maximum absolute atomic E-state index is 11.4. The second-order valence-electron chi connectivity index (χ2n) is 4.44. The van der Waals surface area contributed by atoms with E-state index in [-0.39, 0.29) is 5.91 Å². The number of rotatable bonds is 6. The molecule has 0 heterocycles. The zero-order valence-corrected chi connectivity index (χ0v) is 10.8. The topological polar surface area (TPSA) is 66.4 Å². The molecule has 98 valence electrons. The van der Waals surface area contributed by atoms with Crippen LogP contribution in [0.25, 0.3) is 0 Å². The molecule has 4 nitrogen and oxygen atoms in total. The number of benzene rings is 1. The Labute approximate surface area is 107 Å². The number of hydrogen-bond acceptors (Lipinski definition) is 2. The first-order chi connectivity index (χ1) is 8.52. The smallest absolute Gasteiger partial charge is 0.306 e. The molecule has 0 fully saturated rings. The normalized spacial score (nSPS) is 11.9. The summed E-state index contributed by atoms with van der Waals surface area (Å²) < 4.78 is 0. The maximum atomic E-state index is 11.4. The van der Waals surface area contributed by atoms with Crippen LogP contribution in [-0.2, 0) is 16.0 Å². The van der Waals surface area contributed by atoms with Crippen LogP contribution in [0.2, 0.25) is 0 Å². The third-order valence-corrected chi connectivity index (χ3v) is 2.68. The zero-order valence-electron chi connectivity index (χ0n) is 10.8. The van der Waals surface area contributed by atoms with Crippen molar-refractivity contribution in [1.29, 1.82) is 0 Å². The van der Waals surface area contributed by atoms with Crippen LogP contribution in [0.15, 0.2) is 24.3 Å². The lowest BCUT2D eigenvalue weighted by molar-refractivity contribution is -0.141. The van der Waals surface area contributed by atoms with E-state index in [1.165, 1.54) is 0 Å². The van der Waals surface area contributed by atoms with E-state index in [1.54, 1.807) is 19.1 Å². The first kappa shape index (κ1) is 14.2. The van der Waals surface area contributed by atoms with E-state index in [0.717, 1.165) is 17.7 Å². The minimum atomic E-state index is -0.796. The van der Waals surface area contributed by atoms with Crippen LogP contribution in [0.4, 0.5) is 5.69 Å². The maximum Gasteiger partial charge on any atom is 0.306 e. The molecule has 1 aromatic carbocycles. The highest BCUT2D eigenvalue weighted by molar-refractivity contribution is 5.90. The monoisotopic (exact) mass is 249 g/mol. The minimum Gasteiger partial charge on any atom is -0.481 e. The number of anilines is 1. The van der Waals surface area contributed by atoms with Crippen molar-refractivity contribution < 1.29 is 14.7 Å². The summed E-state index contributed by atoms with van der Waals surface area (Å²) in [4.78, 5) is 22.1. The Kier molecular flexibility index (Phi) is 5.36. The van der Waals surface area contributed by atoms with E-state index in [4.69, 9.17) is 5.11 Å². The van der Waals surface area contributed by atoms with Gasteiger partial charge in [-0.1, -0.05) is 26.0 Å². The lowest BCUT2D eigenvalue weighted by Gasteiger charge is -2.08. The fourth-order valence-electron chi connectivity index (χ4n) is 1.62. The molecule has 1 amide bonds. The highest BCUT2D eigenvalue weighted by Gasteiger charge is 2.11. The molecular weight excluding hydrogens is 230 g/mol. The molecule has 1 unspecified atom stereocenters. The Balaban J connectivity index is 2.57. The SMILES string of the molecule is CCCC(=O)Nc1ccc(CC(C)C(=O)O)cc1. The third kappa shape index (κ3) is 4.57. The van der Waals surface area contributed by atoms with Crippen molar-refractivity contribution in [3.63, 3.8) is 0 Å². The Morgan fingerprint density at radius 3 is 2.39 bits per heavy atom. The molecular formula is C14H19NO3. The van der Waals surface area contributed by atoms with Gasteiger partial charge in [-0.15, -0.1) is 0 Å². The molecule has 1 aromatic rings. The van der Waals surface area contributed by atoms with Crippen molar-refractivity contribution in [2.24, 2.45) is 5.92 Å². The summed E-state index contributed by atoms with van der Waals surface area (Å²) in [5.41, 5.74) is 1.71. The number of carbonyl (C=O) groups excluding carboxylic acids is 1. The molecule has 0 aliphatic carbocycles. The molecule has 18 heavy (non-hydrogen) atoms. The summed E-state index contributed by atoms with van der Waals surface area (Å²) in [7, 11) is 0. The Morgan fingerprint density at radius 2 is 1.89 bits per heavy atom. The first-order valence-electron chi connectivity index (χ1n) is 6.14. The quantitative estimate of drug-likeness (QED) is 0.814. The lowest BCUT2D eigenvalue weighted by atomic mass is 10.0. The van der Waals surface area contributed by atoms with E-state index in [0.29, 0.717) is 12.8 Å². The molecule has 1 atom stereocenters. The van der Waals surface area contributed by atoms with E-state index < -0.39 is 11.9 Å². The minimum absolute atomic E-state index is 0.00385. The molecule has 0 spiro atoms. The van der Waals surface area contributed by atoms with Gasteiger partial charge >= 0.3 is 5.97 Å². The summed E-state index contributed by atoms with van der Waals surface area (Å²) in [6, 6.07) is 7.30. The number of amides is 1. The summed E-state index contributed by atoms with van der Waals surface area (Å²) >= 11 is 0. The van der Waals surface area contributed by atoms with Gasteiger partial charge in [0.1, 0.15) is 0 Å². The molecule has 0 saturated carbocycles. The standard InChI is InChI=1S/C14H19NO3/c1-3-4-13(16)15-12-7-5-11(6-8-12)9-10(2)14(17)18/h5-8,10H,3-4,9H2,1-2H3,(H,15,16)(H,17,18). The zero-order chi connectivity index (χ0) is 13.5. The van der Waals surface area contributed by atoms with Gasteiger partial charge in [0.05, 0.1) is 5.92 Å². The molecule has 0 bridgehead atoms. The predicted molar refractivity (Wildman–Crippen MR) is 70.5 cm³/mol. The van der Waals surface area contributed by atoms with E-state index >= 15 is 0 Å². The van der Waals surface area contributed by atoms with Gasteiger partial charge < -0.3 is 10.4 Å². The van der Waals surface area contributed by atoms with Crippen molar-refractivity contribution in [2.45, 2.75) is 33.1 Å². The lowest BCUT2D eigenvalue weighted by Crippen LogP contribution is -2.12. The number of carboxylic acid groups (broad SMARTS) is 1. The van der Waals surface area contributed by atoms with Crippen molar-refractivity contribution in [2.75, 3.05) is 5.32 Å². The molecule has 0 aliphatic rings. The Morgan fingerprint density at radius 1 is 1.28 bits per heavy atom. The number of hydrogen-bond donors (Lipinski definition) is 2. The van der Waals surface area contributed by atoms with Gasteiger partial charge in [-0.2, -0.15) is 0 Å². The van der Waals surface area contributed by atoms with Crippen molar-refractivity contribution >= 4 is 17.6 Å². The van der Waals surface area contributed by atoms with Gasteiger partial charge in [0, 0.05) is 12.1 Å². The summed E-state index contributed by atoms with van der Waals surface area (Å²) in [6.45, 7) is 3.63. The van der Waals surface area contributed by atoms with Crippen LogP contribution in [0, 0.1) is 5.92 Å². The fraction of sp³-hybridized carbons (Fsp3) is 0.429. The average molecular weight is 249 g/mol. The van der Waals surface area contributed by atoms with Gasteiger partial charge in [0.15, 0.2) is 0 Å². The van der Waals surface area contributed by atoms with E-state index in [2.05, 4.69) is 5.32 Å². The van der Waals surface area contributed by atoms with Gasteiger partial charge in [-0.25, -0.2) is 0 Å². The molecule has 0 radical (unpaired) electrons. The van der Waals surface area contributed by atoms with E-state index in [9.17, 15) is 9.59 Å². The van der Waals surface area contributed by atoms with Crippen molar-refractivity contribution in [3.8, 4) is 0 Å². The molecule has 1 rings (SSSR count). The second kappa shape index (κ2) is 6.79. The summed E-state index contributed by atoms with van der Waals surface area (Å²) in [5, 5.41) is 11.6. The van der Waals surface area contributed by atoms with Crippen LogP contribution >= 0.6 is 0 Å². The Bertz CT molecular complexity index is 412. The highest BCUT2D eigenvalue weighted by Crippen LogP contribution is 2.13. The number of carbonyl (C=O) groups is 2. The molecule has 0 saturated heterocycles. The van der Waals surface area contributed by atoms with Gasteiger partial charge in [0.2, 0.25) is 5.91 Å². The first-order valence-corrected chi connectivity index (χ1v) is 6.14. The molecule has 0 aromatic heterocycles. The van der Waals surface area contributed by atoms with E-state index in [1.807, 2.05) is 19.1 Å². The second-order valence-corrected chi connectivity index (χ2v) is 4.44. The third-order valence-electron chi connectivity index (χ3n) is 2.68. The highest BCUT2D eigenvalue weighted by atomic mass is 16.4. The number of nitrogens with one attached hydrogen (secondary N) is 1. The number of carboxylic acids is 1.